The van der Waals surface area contributed by atoms with E-state index in [1.807, 2.05) is 61.5 Å². The summed E-state index contributed by atoms with van der Waals surface area (Å²) >= 11 is 0. The van der Waals surface area contributed by atoms with Crippen molar-refractivity contribution in [2.75, 3.05) is 24.7 Å². The van der Waals surface area contributed by atoms with E-state index in [2.05, 4.69) is 5.32 Å². The van der Waals surface area contributed by atoms with Gasteiger partial charge in [-0.3, -0.25) is 19.3 Å². The molecule has 7 heteroatoms. The van der Waals surface area contributed by atoms with E-state index in [1.54, 1.807) is 18.2 Å². The third-order valence-electron chi connectivity index (χ3n) is 5.57. The molecule has 2 amide bonds. The van der Waals surface area contributed by atoms with E-state index in [0.29, 0.717) is 29.3 Å². The first-order chi connectivity index (χ1) is 16.5. The minimum Gasteiger partial charge on any atom is -0.485 e. The number of Topliss-reactive ketones (excluding diaryl/α,β-unsaturated/α-hetero) is 1. The topological polar surface area (TPSA) is 84.9 Å². The molecule has 0 radical (unpaired) electrons. The zero-order valence-corrected chi connectivity index (χ0v) is 19.0. The number of aryl methyl sites for hydroxylation is 1. The number of hydrogen-bond donors (Lipinski definition) is 1. The van der Waals surface area contributed by atoms with Crippen LogP contribution in [0.3, 0.4) is 0 Å². The van der Waals surface area contributed by atoms with Gasteiger partial charge < -0.3 is 14.8 Å². The molecule has 0 bridgehead atoms. The van der Waals surface area contributed by atoms with Crippen LogP contribution in [0.25, 0.3) is 0 Å². The van der Waals surface area contributed by atoms with Crippen molar-refractivity contribution in [2.24, 2.45) is 0 Å². The number of fused-ring (bicyclic) bond motifs is 1. The number of amides is 2. The number of rotatable bonds is 9. The van der Waals surface area contributed by atoms with Crippen LogP contribution in [0.4, 0.5) is 5.69 Å². The highest BCUT2D eigenvalue weighted by molar-refractivity contribution is 6.04. The smallest absolute Gasteiger partial charge is 0.265 e. The Balaban J connectivity index is 1.45. The SMILES string of the molecule is CCc1ccccc1OCC(=O)c1ccc2c(c1)N(CC(=O)NCc1ccccc1)C(=O)CO2. The number of ketones is 1. The summed E-state index contributed by atoms with van der Waals surface area (Å²) in [6.45, 7) is 1.92. The lowest BCUT2D eigenvalue weighted by atomic mass is 10.1. The molecule has 1 aliphatic heterocycles. The molecular weight excluding hydrogens is 432 g/mol. The van der Waals surface area contributed by atoms with Gasteiger partial charge in [-0.2, -0.15) is 0 Å². The highest BCUT2D eigenvalue weighted by atomic mass is 16.5. The molecule has 0 saturated heterocycles. The van der Waals surface area contributed by atoms with Crippen LogP contribution in [0, 0.1) is 0 Å². The maximum absolute atomic E-state index is 12.8. The normalized spacial score (nSPS) is 12.5. The molecule has 0 aliphatic carbocycles. The Morgan fingerprint density at radius 3 is 2.59 bits per heavy atom. The van der Waals surface area contributed by atoms with E-state index in [1.165, 1.54) is 4.90 Å². The van der Waals surface area contributed by atoms with E-state index < -0.39 is 0 Å². The van der Waals surface area contributed by atoms with Crippen molar-refractivity contribution in [3.63, 3.8) is 0 Å². The molecule has 0 unspecified atom stereocenters. The second-order valence-corrected chi connectivity index (χ2v) is 7.89. The van der Waals surface area contributed by atoms with E-state index in [4.69, 9.17) is 9.47 Å². The molecule has 0 spiro atoms. The Labute approximate surface area is 198 Å². The first-order valence-corrected chi connectivity index (χ1v) is 11.2. The van der Waals surface area contributed by atoms with E-state index in [0.717, 1.165) is 17.5 Å². The number of nitrogens with zero attached hydrogens (tertiary/aromatic N) is 1. The summed E-state index contributed by atoms with van der Waals surface area (Å²) in [7, 11) is 0. The average Bonchev–Trinajstić information content (AvgIpc) is 2.88. The molecule has 174 valence electrons. The van der Waals surface area contributed by atoms with Crippen LogP contribution >= 0.6 is 0 Å². The second-order valence-electron chi connectivity index (χ2n) is 7.89. The zero-order valence-electron chi connectivity index (χ0n) is 19.0. The van der Waals surface area contributed by atoms with Crippen LogP contribution in [0.5, 0.6) is 11.5 Å². The van der Waals surface area contributed by atoms with E-state index >= 15 is 0 Å². The molecule has 34 heavy (non-hydrogen) atoms. The molecule has 0 saturated carbocycles. The lowest BCUT2D eigenvalue weighted by Gasteiger charge is -2.29. The van der Waals surface area contributed by atoms with Gasteiger partial charge in [-0.05, 0) is 41.8 Å². The van der Waals surface area contributed by atoms with Crippen LogP contribution < -0.4 is 19.7 Å². The van der Waals surface area contributed by atoms with Crippen LogP contribution in [0.2, 0.25) is 0 Å². The first kappa shape index (κ1) is 23.0. The van der Waals surface area contributed by atoms with Gasteiger partial charge in [0.2, 0.25) is 5.91 Å². The van der Waals surface area contributed by atoms with Crippen LogP contribution in [-0.2, 0) is 22.6 Å². The molecule has 0 atom stereocenters. The molecule has 7 nitrogen and oxygen atoms in total. The largest absolute Gasteiger partial charge is 0.485 e. The Kier molecular flexibility index (Phi) is 7.22. The summed E-state index contributed by atoms with van der Waals surface area (Å²) in [4.78, 5) is 39.3. The third-order valence-corrected chi connectivity index (χ3v) is 5.57. The standard InChI is InChI=1S/C27H26N2O5/c1-2-20-10-6-7-11-24(20)33-17-23(30)21-12-13-25-22(14-21)29(27(32)18-34-25)16-26(31)28-15-19-8-4-3-5-9-19/h3-14H,2,15-18H2,1H3,(H,28,31). The zero-order chi connectivity index (χ0) is 23.9. The fourth-order valence-corrected chi connectivity index (χ4v) is 3.71. The summed E-state index contributed by atoms with van der Waals surface area (Å²) in [6.07, 6.45) is 0.796. The molecule has 0 fully saturated rings. The van der Waals surface area contributed by atoms with Gasteiger partial charge >= 0.3 is 0 Å². The molecule has 1 heterocycles. The Morgan fingerprint density at radius 2 is 1.79 bits per heavy atom. The van der Waals surface area contributed by atoms with Crippen molar-refractivity contribution in [2.45, 2.75) is 19.9 Å². The average molecular weight is 459 g/mol. The number of hydrogen-bond acceptors (Lipinski definition) is 5. The van der Waals surface area contributed by atoms with Gasteiger partial charge in [0.1, 0.15) is 18.0 Å². The van der Waals surface area contributed by atoms with Crippen molar-refractivity contribution < 1.29 is 23.9 Å². The van der Waals surface area contributed by atoms with Crippen LogP contribution in [-0.4, -0.2) is 37.4 Å². The predicted octanol–water partition coefficient (Wildman–Crippen LogP) is 3.55. The van der Waals surface area contributed by atoms with Gasteiger partial charge in [-0.25, -0.2) is 0 Å². The number of nitrogens with one attached hydrogen (secondary N) is 1. The minimum atomic E-state index is -0.347. The Morgan fingerprint density at radius 1 is 1.03 bits per heavy atom. The summed E-state index contributed by atoms with van der Waals surface area (Å²) in [6, 6.07) is 22.0. The maximum Gasteiger partial charge on any atom is 0.265 e. The molecule has 0 aromatic heterocycles. The van der Waals surface area contributed by atoms with Crippen LogP contribution in [0.15, 0.2) is 72.8 Å². The quantitative estimate of drug-likeness (QED) is 0.496. The summed E-state index contributed by atoms with van der Waals surface area (Å²) < 4.78 is 11.3. The maximum atomic E-state index is 12.8. The molecule has 4 rings (SSSR count). The van der Waals surface area contributed by atoms with Gasteiger partial charge in [0.15, 0.2) is 19.0 Å². The van der Waals surface area contributed by atoms with Gasteiger partial charge in [0.25, 0.3) is 5.91 Å². The van der Waals surface area contributed by atoms with Gasteiger partial charge in [-0.15, -0.1) is 0 Å². The highest BCUT2D eigenvalue weighted by Crippen LogP contribution is 2.33. The number of carbonyl (C=O) groups is 3. The number of carbonyl (C=O) groups excluding carboxylic acids is 3. The van der Waals surface area contributed by atoms with Crippen molar-refractivity contribution in [1.82, 2.24) is 5.32 Å². The predicted molar refractivity (Wildman–Crippen MR) is 128 cm³/mol. The minimum absolute atomic E-state index is 0.137. The number of benzene rings is 3. The van der Waals surface area contributed by atoms with Gasteiger partial charge in [-0.1, -0.05) is 55.5 Å². The van der Waals surface area contributed by atoms with Crippen molar-refractivity contribution >= 4 is 23.3 Å². The molecule has 3 aromatic carbocycles. The van der Waals surface area contributed by atoms with E-state index in [9.17, 15) is 14.4 Å². The van der Waals surface area contributed by atoms with Crippen molar-refractivity contribution in [3.8, 4) is 11.5 Å². The molecule has 1 aliphatic rings. The fourth-order valence-electron chi connectivity index (χ4n) is 3.71. The molecule has 3 aromatic rings. The number of para-hydroxylation sites is 1. The summed E-state index contributed by atoms with van der Waals surface area (Å²) in [5.41, 5.74) is 2.75. The summed E-state index contributed by atoms with van der Waals surface area (Å²) in [5.74, 6) is 0.234. The van der Waals surface area contributed by atoms with Crippen molar-refractivity contribution in [3.05, 3.63) is 89.5 Å². The number of anilines is 1. The third kappa shape index (κ3) is 5.43. The fraction of sp³-hybridized carbons (Fsp3) is 0.222. The van der Waals surface area contributed by atoms with Crippen LogP contribution in [0.1, 0.15) is 28.4 Å². The lowest BCUT2D eigenvalue weighted by Crippen LogP contribution is -2.45. The highest BCUT2D eigenvalue weighted by Gasteiger charge is 2.28. The van der Waals surface area contributed by atoms with Crippen molar-refractivity contribution in [1.29, 1.82) is 0 Å². The monoisotopic (exact) mass is 458 g/mol. The molecule has 1 N–H and O–H groups in total. The lowest BCUT2D eigenvalue weighted by molar-refractivity contribution is -0.125. The summed E-state index contributed by atoms with van der Waals surface area (Å²) in [5, 5.41) is 2.82. The van der Waals surface area contributed by atoms with Gasteiger partial charge in [0, 0.05) is 12.1 Å². The second kappa shape index (κ2) is 10.7. The molecular formula is C27H26N2O5. The van der Waals surface area contributed by atoms with E-state index in [-0.39, 0.29) is 37.4 Å². The Hall–Kier alpha value is -4.13. The van der Waals surface area contributed by atoms with Gasteiger partial charge in [0.05, 0.1) is 5.69 Å². The first-order valence-electron chi connectivity index (χ1n) is 11.2. The number of ether oxygens (including phenoxy) is 2. The Bertz CT molecular complexity index is 1190.